The van der Waals surface area contributed by atoms with E-state index < -0.39 is 32.8 Å². The van der Waals surface area contributed by atoms with Crippen molar-refractivity contribution >= 4 is 21.8 Å². The third-order valence-corrected chi connectivity index (χ3v) is 7.70. The standard InChI is InChI=1S/C23H24FNO6S/c1-15(22(26)18-6-5-16-3-2-4-17(16)13-18)31-23(27)19-7-8-20(24)21(14-19)32(28,29)25-9-11-30-12-10-25/h5-8,13-15H,2-4,9-12H2,1H3. The fraction of sp³-hybridized carbons (Fsp3) is 0.391. The number of hydrogen-bond donors (Lipinski definition) is 0. The van der Waals surface area contributed by atoms with Gasteiger partial charge in [-0.05, 0) is 61.6 Å². The number of carbonyl (C=O) groups is 2. The van der Waals surface area contributed by atoms with Gasteiger partial charge in [-0.15, -0.1) is 0 Å². The van der Waals surface area contributed by atoms with Crippen LogP contribution in [0.5, 0.6) is 0 Å². The van der Waals surface area contributed by atoms with Crippen molar-refractivity contribution in [2.45, 2.75) is 37.2 Å². The molecule has 0 aromatic heterocycles. The number of nitrogens with zero attached hydrogens (tertiary/aromatic N) is 1. The van der Waals surface area contributed by atoms with Crippen LogP contribution in [0.25, 0.3) is 0 Å². The van der Waals surface area contributed by atoms with E-state index >= 15 is 0 Å². The van der Waals surface area contributed by atoms with E-state index in [1.54, 1.807) is 6.07 Å². The summed E-state index contributed by atoms with van der Waals surface area (Å²) in [5, 5.41) is 0. The van der Waals surface area contributed by atoms with Gasteiger partial charge in [-0.1, -0.05) is 12.1 Å². The van der Waals surface area contributed by atoms with Gasteiger partial charge in [0.25, 0.3) is 0 Å². The first-order valence-electron chi connectivity index (χ1n) is 10.5. The Balaban J connectivity index is 1.51. The molecule has 1 heterocycles. The number of Topliss-reactive ketones (excluding diaryl/α,β-unsaturated/α-hetero) is 1. The van der Waals surface area contributed by atoms with Gasteiger partial charge in [-0.25, -0.2) is 17.6 Å². The van der Waals surface area contributed by atoms with Crippen molar-refractivity contribution in [3.05, 3.63) is 64.5 Å². The van der Waals surface area contributed by atoms with Crippen molar-refractivity contribution in [2.24, 2.45) is 0 Å². The minimum Gasteiger partial charge on any atom is -0.451 e. The highest BCUT2D eigenvalue weighted by Gasteiger charge is 2.30. The van der Waals surface area contributed by atoms with Gasteiger partial charge >= 0.3 is 5.97 Å². The lowest BCUT2D eigenvalue weighted by Crippen LogP contribution is -2.41. The Bertz CT molecular complexity index is 1160. The Labute approximate surface area is 186 Å². The molecule has 1 aliphatic carbocycles. The Hall–Kier alpha value is -2.62. The molecule has 0 amide bonds. The van der Waals surface area contributed by atoms with Crippen LogP contribution in [-0.4, -0.2) is 56.9 Å². The van der Waals surface area contributed by atoms with Gasteiger partial charge in [-0.2, -0.15) is 4.31 Å². The Morgan fingerprint density at radius 2 is 1.72 bits per heavy atom. The van der Waals surface area contributed by atoms with Gasteiger partial charge in [0.2, 0.25) is 15.8 Å². The number of aryl methyl sites for hydroxylation is 2. The van der Waals surface area contributed by atoms with Gasteiger partial charge in [0, 0.05) is 18.7 Å². The first-order valence-corrected chi connectivity index (χ1v) is 12.0. The third-order valence-electron chi connectivity index (χ3n) is 5.79. The summed E-state index contributed by atoms with van der Waals surface area (Å²) in [4.78, 5) is 24.8. The van der Waals surface area contributed by atoms with Crippen LogP contribution in [0.15, 0.2) is 41.3 Å². The number of rotatable bonds is 6. The maximum atomic E-state index is 14.4. The van der Waals surface area contributed by atoms with Crippen LogP contribution in [0.2, 0.25) is 0 Å². The van der Waals surface area contributed by atoms with Gasteiger partial charge in [0.1, 0.15) is 10.7 Å². The zero-order valence-electron chi connectivity index (χ0n) is 17.7. The van der Waals surface area contributed by atoms with Crippen LogP contribution in [-0.2, 0) is 32.3 Å². The van der Waals surface area contributed by atoms with Gasteiger partial charge in [0.05, 0.1) is 18.8 Å². The SMILES string of the molecule is CC(OC(=O)c1ccc(F)c(S(=O)(=O)N2CCOCC2)c1)C(=O)c1ccc2c(c1)CCC2. The molecular formula is C23H24FNO6S. The van der Waals surface area contributed by atoms with E-state index in [0.717, 1.165) is 47.3 Å². The van der Waals surface area contributed by atoms with Crippen LogP contribution >= 0.6 is 0 Å². The van der Waals surface area contributed by atoms with Crippen LogP contribution in [0.1, 0.15) is 45.2 Å². The first kappa shape index (κ1) is 22.6. The fourth-order valence-electron chi connectivity index (χ4n) is 4.00. The summed E-state index contributed by atoms with van der Waals surface area (Å²) in [6.45, 7) is 2.09. The molecule has 7 nitrogen and oxygen atoms in total. The molecule has 32 heavy (non-hydrogen) atoms. The van der Waals surface area contributed by atoms with Crippen molar-refractivity contribution < 1.29 is 31.9 Å². The van der Waals surface area contributed by atoms with E-state index in [1.165, 1.54) is 12.5 Å². The molecular weight excluding hydrogens is 437 g/mol. The highest BCUT2D eigenvalue weighted by molar-refractivity contribution is 7.89. The minimum absolute atomic E-state index is 0.1000. The molecule has 4 rings (SSSR count). The average Bonchev–Trinajstić information content (AvgIpc) is 3.27. The van der Waals surface area contributed by atoms with Gasteiger partial charge in [0.15, 0.2) is 6.10 Å². The van der Waals surface area contributed by atoms with Crippen molar-refractivity contribution in [2.75, 3.05) is 26.3 Å². The van der Waals surface area contributed by atoms with Crippen molar-refractivity contribution in [1.82, 2.24) is 4.31 Å². The monoisotopic (exact) mass is 461 g/mol. The second kappa shape index (κ2) is 9.09. The summed E-state index contributed by atoms with van der Waals surface area (Å²) >= 11 is 0. The largest absolute Gasteiger partial charge is 0.451 e. The number of fused-ring (bicyclic) bond motifs is 1. The number of sulfonamides is 1. The number of halogens is 1. The molecule has 1 atom stereocenters. The topological polar surface area (TPSA) is 90.0 Å². The van der Waals surface area contributed by atoms with Crippen LogP contribution < -0.4 is 0 Å². The highest BCUT2D eigenvalue weighted by atomic mass is 32.2. The molecule has 0 radical (unpaired) electrons. The molecule has 2 aromatic rings. The Morgan fingerprint density at radius 3 is 2.47 bits per heavy atom. The predicted molar refractivity (Wildman–Crippen MR) is 114 cm³/mol. The van der Waals surface area contributed by atoms with Crippen molar-refractivity contribution in [3.8, 4) is 0 Å². The van der Waals surface area contributed by atoms with Crippen LogP contribution in [0, 0.1) is 5.82 Å². The molecule has 9 heteroatoms. The average molecular weight is 462 g/mol. The first-order chi connectivity index (χ1) is 15.3. The lowest BCUT2D eigenvalue weighted by Gasteiger charge is -2.26. The molecule has 0 saturated carbocycles. The number of ether oxygens (including phenoxy) is 2. The zero-order chi connectivity index (χ0) is 22.9. The second-order valence-corrected chi connectivity index (χ2v) is 9.82. The van der Waals surface area contributed by atoms with Crippen molar-refractivity contribution in [3.63, 3.8) is 0 Å². The number of carbonyl (C=O) groups excluding carboxylic acids is 2. The van der Waals surface area contributed by atoms with Crippen LogP contribution in [0.3, 0.4) is 0 Å². The highest BCUT2D eigenvalue weighted by Crippen LogP contribution is 2.25. The third kappa shape index (κ3) is 4.46. The molecule has 0 N–H and O–H groups in total. The molecule has 0 spiro atoms. The summed E-state index contributed by atoms with van der Waals surface area (Å²) in [5.74, 6) is -2.21. The molecule has 1 aliphatic heterocycles. The summed E-state index contributed by atoms with van der Waals surface area (Å²) in [6.07, 6.45) is 1.89. The second-order valence-electron chi connectivity index (χ2n) is 7.91. The predicted octanol–water partition coefficient (Wildman–Crippen LogP) is 2.76. The summed E-state index contributed by atoms with van der Waals surface area (Å²) in [6, 6.07) is 8.49. The number of esters is 1. The molecule has 0 bridgehead atoms. The summed E-state index contributed by atoms with van der Waals surface area (Å²) < 4.78 is 51.5. The number of benzene rings is 2. The maximum absolute atomic E-state index is 14.4. The molecule has 1 saturated heterocycles. The lowest BCUT2D eigenvalue weighted by atomic mass is 10.0. The zero-order valence-corrected chi connectivity index (χ0v) is 18.5. The number of ketones is 1. The van der Waals surface area contributed by atoms with E-state index in [4.69, 9.17) is 9.47 Å². The molecule has 2 aromatic carbocycles. The van der Waals surface area contributed by atoms with E-state index in [0.29, 0.717) is 5.56 Å². The Morgan fingerprint density at radius 1 is 1.03 bits per heavy atom. The summed E-state index contributed by atoms with van der Waals surface area (Å²) in [7, 11) is -4.14. The maximum Gasteiger partial charge on any atom is 0.338 e. The normalized spacial score (nSPS) is 17.6. The molecule has 2 aliphatic rings. The van der Waals surface area contributed by atoms with Crippen LogP contribution in [0.4, 0.5) is 4.39 Å². The van der Waals surface area contributed by atoms with E-state index in [1.807, 2.05) is 12.1 Å². The molecule has 170 valence electrons. The fourth-order valence-corrected chi connectivity index (χ4v) is 5.49. The van der Waals surface area contributed by atoms with E-state index in [-0.39, 0.29) is 37.6 Å². The minimum atomic E-state index is -4.14. The number of morpholine rings is 1. The van der Waals surface area contributed by atoms with E-state index in [2.05, 4.69) is 0 Å². The summed E-state index contributed by atoms with van der Waals surface area (Å²) in [5.41, 5.74) is 2.67. The lowest BCUT2D eigenvalue weighted by molar-refractivity contribution is 0.0318. The smallest absolute Gasteiger partial charge is 0.338 e. The Kier molecular flexibility index (Phi) is 6.41. The molecule has 1 fully saturated rings. The molecule has 1 unspecified atom stereocenters. The van der Waals surface area contributed by atoms with E-state index in [9.17, 15) is 22.4 Å². The number of hydrogen-bond acceptors (Lipinski definition) is 6. The van der Waals surface area contributed by atoms with Gasteiger partial charge < -0.3 is 9.47 Å². The van der Waals surface area contributed by atoms with Gasteiger partial charge in [-0.3, -0.25) is 4.79 Å². The van der Waals surface area contributed by atoms with Crippen molar-refractivity contribution in [1.29, 1.82) is 0 Å². The quantitative estimate of drug-likeness (QED) is 0.486.